The molecule has 2 aromatic carbocycles. The molecule has 7 heteroatoms. The van der Waals surface area contributed by atoms with Crippen molar-refractivity contribution >= 4 is 28.9 Å². The number of rotatable bonds is 6. The number of halogens is 2. The predicted molar refractivity (Wildman–Crippen MR) is 99.6 cm³/mol. The number of carboxylic acid groups (broad SMARTS) is 1. The zero-order valence-corrected chi connectivity index (χ0v) is 15.4. The van der Waals surface area contributed by atoms with Gasteiger partial charge in [0.25, 0.3) is 0 Å². The van der Waals surface area contributed by atoms with Crippen LogP contribution < -0.4 is 4.74 Å². The molecule has 4 nitrogen and oxygen atoms in total. The quantitative estimate of drug-likeness (QED) is 0.607. The zero-order valence-electron chi connectivity index (χ0n) is 13.8. The fraction of sp³-hybridized carbons (Fsp3) is 0.158. The van der Waals surface area contributed by atoms with Gasteiger partial charge in [-0.25, -0.2) is 14.2 Å². The lowest BCUT2D eigenvalue weighted by atomic mass is 10.2. The van der Waals surface area contributed by atoms with Gasteiger partial charge in [-0.05, 0) is 30.7 Å². The fourth-order valence-corrected chi connectivity index (χ4v) is 3.63. The largest absolute Gasteiger partial charge is 0.489 e. The van der Waals surface area contributed by atoms with Crippen LogP contribution >= 0.6 is 22.9 Å². The van der Waals surface area contributed by atoms with Crippen LogP contribution in [0.5, 0.6) is 5.75 Å². The average molecular weight is 392 g/mol. The maximum atomic E-state index is 13.8. The lowest BCUT2D eigenvalue weighted by Crippen LogP contribution is -1.99. The van der Waals surface area contributed by atoms with Crippen LogP contribution in [-0.2, 0) is 13.0 Å². The normalized spacial score (nSPS) is 10.7. The van der Waals surface area contributed by atoms with E-state index in [9.17, 15) is 14.3 Å². The van der Waals surface area contributed by atoms with E-state index >= 15 is 0 Å². The minimum absolute atomic E-state index is 0.00653. The molecule has 0 atom stereocenters. The van der Waals surface area contributed by atoms with Crippen molar-refractivity contribution in [1.82, 2.24) is 4.98 Å². The van der Waals surface area contributed by atoms with E-state index in [0.29, 0.717) is 27.9 Å². The second kappa shape index (κ2) is 7.85. The first-order chi connectivity index (χ1) is 12.5. The maximum Gasteiger partial charge on any atom is 0.347 e. The van der Waals surface area contributed by atoms with Crippen molar-refractivity contribution in [1.29, 1.82) is 0 Å². The topological polar surface area (TPSA) is 59.4 Å². The Hall–Kier alpha value is -2.44. The van der Waals surface area contributed by atoms with Crippen LogP contribution in [0.3, 0.4) is 0 Å². The summed E-state index contributed by atoms with van der Waals surface area (Å²) in [5.41, 5.74) is 1.59. The van der Waals surface area contributed by atoms with Gasteiger partial charge in [0, 0.05) is 11.1 Å². The van der Waals surface area contributed by atoms with Crippen LogP contribution in [0.2, 0.25) is 5.02 Å². The van der Waals surface area contributed by atoms with Crippen LogP contribution in [0.4, 0.5) is 4.39 Å². The molecule has 0 saturated heterocycles. The van der Waals surface area contributed by atoms with E-state index in [1.807, 2.05) is 13.0 Å². The molecule has 26 heavy (non-hydrogen) atoms. The molecule has 0 spiro atoms. The van der Waals surface area contributed by atoms with Crippen LogP contribution in [0.15, 0.2) is 42.5 Å². The summed E-state index contributed by atoms with van der Waals surface area (Å²) < 4.78 is 19.5. The average Bonchev–Trinajstić information content (AvgIpc) is 3.06. The molecule has 0 saturated carbocycles. The number of aromatic carboxylic acids is 1. The number of aromatic nitrogens is 1. The van der Waals surface area contributed by atoms with Gasteiger partial charge in [0.1, 0.15) is 28.1 Å². The maximum absolute atomic E-state index is 13.8. The van der Waals surface area contributed by atoms with Crippen LogP contribution in [-0.4, -0.2) is 16.1 Å². The standard InChI is InChI=1S/C19H15ClFNO3S/c1-2-16-17(19(23)24)26-18(22-16)11-5-3-6-12(9-11)25-10-13-14(20)7-4-8-15(13)21/h3-9H,2,10H2,1H3,(H,23,24). The summed E-state index contributed by atoms with van der Waals surface area (Å²) >= 11 is 7.13. The summed E-state index contributed by atoms with van der Waals surface area (Å²) in [5, 5.41) is 10.2. The molecule has 0 radical (unpaired) electrons. The lowest BCUT2D eigenvalue weighted by Gasteiger charge is -2.09. The van der Waals surface area contributed by atoms with Crippen molar-refractivity contribution in [2.75, 3.05) is 0 Å². The number of nitrogens with zero attached hydrogens (tertiary/aromatic N) is 1. The number of carbonyl (C=O) groups is 1. The third-order valence-corrected chi connectivity index (χ3v) is 5.24. The Kier molecular flexibility index (Phi) is 5.54. The lowest BCUT2D eigenvalue weighted by molar-refractivity contribution is 0.0701. The molecular formula is C19H15ClFNO3S. The predicted octanol–water partition coefficient (Wildman–Crippen LogP) is 5.44. The van der Waals surface area contributed by atoms with E-state index in [2.05, 4.69) is 4.98 Å². The fourth-order valence-electron chi connectivity index (χ4n) is 2.43. The SMILES string of the molecule is CCc1nc(-c2cccc(OCc3c(F)cccc3Cl)c2)sc1C(=O)O. The Balaban J connectivity index is 1.84. The van der Waals surface area contributed by atoms with Gasteiger partial charge in [-0.3, -0.25) is 0 Å². The van der Waals surface area contributed by atoms with Gasteiger partial charge in [0.2, 0.25) is 0 Å². The van der Waals surface area contributed by atoms with Crippen LogP contribution in [0.1, 0.15) is 27.9 Å². The van der Waals surface area contributed by atoms with Crippen molar-refractivity contribution in [3.05, 3.63) is 69.4 Å². The minimum atomic E-state index is -0.979. The van der Waals surface area contributed by atoms with E-state index in [4.69, 9.17) is 16.3 Å². The summed E-state index contributed by atoms with van der Waals surface area (Å²) in [7, 11) is 0. The molecule has 3 aromatic rings. The summed E-state index contributed by atoms with van der Waals surface area (Å²) in [4.78, 5) is 16.0. The Morgan fingerprint density at radius 1 is 1.31 bits per heavy atom. The van der Waals surface area contributed by atoms with Gasteiger partial charge < -0.3 is 9.84 Å². The Morgan fingerprint density at radius 3 is 2.73 bits per heavy atom. The number of hydrogen-bond donors (Lipinski definition) is 1. The molecule has 1 heterocycles. The molecule has 0 unspecified atom stereocenters. The van der Waals surface area contributed by atoms with E-state index < -0.39 is 11.8 Å². The van der Waals surface area contributed by atoms with Crippen LogP contribution in [0, 0.1) is 5.82 Å². The Morgan fingerprint density at radius 2 is 2.08 bits per heavy atom. The molecule has 0 amide bonds. The molecule has 3 rings (SSSR count). The number of carboxylic acids is 1. The minimum Gasteiger partial charge on any atom is -0.489 e. The van der Waals surface area contributed by atoms with E-state index in [1.54, 1.807) is 24.3 Å². The third-order valence-electron chi connectivity index (χ3n) is 3.75. The first-order valence-electron chi connectivity index (χ1n) is 7.88. The monoisotopic (exact) mass is 391 g/mol. The summed E-state index contributed by atoms with van der Waals surface area (Å²) in [6.45, 7) is 1.86. The Labute approximate surface area is 158 Å². The van der Waals surface area contributed by atoms with Gasteiger partial charge in [-0.1, -0.05) is 36.7 Å². The second-order valence-electron chi connectivity index (χ2n) is 5.47. The molecule has 134 valence electrons. The van der Waals surface area contributed by atoms with Crippen molar-refractivity contribution in [2.45, 2.75) is 20.0 Å². The summed E-state index contributed by atoms with van der Waals surface area (Å²) in [5.74, 6) is -0.883. The Bertz CT molecular complexity index is 937. The van der Waals surface area contributed by atoms with Gasteiger partial charge >= 0.3 is 5.97 Å². The van der Waals surface area contributed by atoms with Crippen molar-refractivity contribution in [3.8, 4) is 16.3 Å². The molecule has 0 aliphatic rings. The van der Waals surface area contributed by atoms with Gasteiger partial charge in [0.05, 0.1) is 10.7 Å². The number of benzene rings is 2. The van der Waals surface area contributed by atoms with Gasteiger partial charge in [-0.2, -0.15) is 0 Å². The first kappa shape index (κ1) is 18.4. The molecule has 0 aliphatic carbocycles. The highest BCUT2D eigenvalue weighted by Gasteiger charge is 2.17. The number of ether oxygens (including phenoxy) is 1. The molecule has 0 aliphatic heterocycles. The molecule has 0 fully saturated rings. The van der Waals surface area contributed by atoms with Crippen molar-refractivity contribution < 1.29 is 19.0 Å². The van der Waals surface area contributed by atoms with E-state index in [0.717, 1.165) is 16.9 Å². The summed E-state index contributed by atoms with van der Waals surface area (Å²) in [6, 6.07) is 11.6. The third kappa shape index (κ3) is 3.86. The number of hydrogen-bond acceptors (Lipinski definition) is 4. The number of aryl methyl sites for hydroxylation is 1. The number of thiazole rings is 1. The van der Waals surface area contributed by atoms with Crippen molar-refractivity contribution in [2.24, 2.45) is 0 Å². The van der Waals surface area contributed by atoms with E-state index in [1.165, 1.54) is 12.1 Å². The zero-order chi connectivity index (χ0) is 18.7. The molecule has 1 aromatic heterocycles. The highest BCUT2D eigenvalue weighted by molar-refractivity contribution is 7.17. The highest BCUT2D eigenvalue weighted by atomic mass is 35.5. The van der Waals surface area contributed by atoms with Crippen LogP contribution in [0.25, 0.3) is 10.6 Å². The van der Waals surface area contributed by atoms with Crippen molar-refractivity contribution in [3.63, 3.8) is 0 Å². The second-order valence-corrected chi connectivity index (χ2v) is 6.88. The van der Waals surface area contributed by atoms with E-state index in [-0.39, 0.29) is 17.0 Å². The van der Waals surface area contributed by atoms with Gasteiger partial charge in [0.15, 0.2) is 0 Å². The first-order valence-corrected chi connectivity index (χ1v) is 9.08. The highest BCUT2D eigenvalue weighted by Crippen LogP contribution is 2.31. The molecule has 0 bridgehead atoms. The molecular weight excluding hydrogens is 377 g/mol. The molecule has 1 N–H and O–H groups in total. The van der Waals surface area contributed by atoms with Gasteiger partial charge in [-0.15, -0.1) is 11.3 Å². The smallest absolute Gasteiger partial charge is 0.347 e. The summed E-state index contributed by atoms with van der Waals surface area (Å²) in [6.07, 6.45) is 0.542.